The maximum atomic E-state index is 12.2. The molecule has 4 heteroatoms. The van der Waals surface area contributed by atoms with E-state index in [1.807, 2.05) is 13.8 Å². The van der Waals surface area contributed by atoms with Crippen LogP contribution in [0.5, 0.6) is 0 Å². The van der Waals surface area contributed by atoms with Crippen LogP contribution in [0, 0.1) is 17.8 Å². The quantitative estimate of drug-likeness (QED) is 0.793. The fourth-order valence-corrected chi connectivity index (χ4v) is 2.65. The van der Waals surface area contributed by atoms with E-state index in [0.29, 0.717) is 5.92 Å². The predicted octanol–water partition coefficient (Wildman–Crippen LogP) is 2.43. The highest BCUT2D eigenvalue weighted by molar-refractivity contribution is 5.85. The molecule has 104 valence electrons. The predicted molar refractivity (Wildman–Crippen MR) is 70.1 cm³/mol. The Balaban J connectivity index is 2.63. The Morgan fingerprint density at radius 2 is 1.94 bits per heavy atom. The summed E-state index contributed by atoms with van der Waals surface area (Å²) in [5.41, 5.74) is 0. The first-order valence-corrected chi connectivity index (χ1v) is 7.00. The van der Waals surface area contributed by atoms with Crippen molar-refractivity contribution in [2.24, 2.45) is 17.8 Å². The number of aliphatic carboxylic acids is 1. The van der Waals surface area contributed by atoms with Crippen LogP contribution in [0.2, 0.25) is 0 Å². The van der Waals surface area contributed by atoms with E-state index in [1.165, 1.54) is 6.42 Å². The molecule has 2 N–H and O–H groups in total. The average molecular weight is 255 g/mol. The van der Waals surface area contributed by atoms with E-state index in [1.54, 1.807) is 0 Å². The molecule has 0 aromatic rings. The van der Waals surface area contributed by atoms with Crippen LogP contribution >= 0.6 is 0 Å². The van der Waals surface area contributed by atoms with Crippen LogP contribution in [-0.4, -0.2) is 23.0 Å². The average Bonchev–Trinajstić information content (AvgIpc) is 2.35. The van der Waals surface area contributed by atoms with Gasteiger partial charge in [0.15, 0.2) is 0 Å². The van der Waals surface area contributed by atoms with Gasteiger partial charge in [0.05, 0.1) is 0 Å². The molecule has 1 aliphatic rings. The third kappa shape index (κ3) is 3.72. The fourth-order valence-electron chi connectivity index (χ4n) is 2.65. The standard InChI is InChI=1S/C14H25NO3/c1-4-9(2)12(14(17)18)15-13(16)11-8-6-5-7-10(11)3/h9-12H,4-8H2,1-3H3,(H,15,16)(H,17,18)/t9-,10+,11+,12-/m0/s1. The molecular weight excluding hydrogens is 230 g/mol. The number of amides is 1. The van der Waals surface area contributed by atoms with Crippen molar-refractivity contribution in [3.63, 3.8) is 0 Å². The highest BCUT2D eigenvalue weighted by Crippen LogP contribution is 2.29. The van der Waals surface area contributed by atoms with E-state index in [9.17, 15) is 14.7 Å². The van der Waals surface area contributed by atoms with Crippen LogP contribution < -0.4 is 5.32 Å². The molecule has 1 aliphatic carbocycles. The number of carbonyl (C=O) groups is 2. The maximum Gasteiger partial charge on any atom is 0.326 e. The highest BCUT2D eigenvalue weighted by Gasteiger charge is 2.32. The van der Waals surface area contributed by atoms with Crippen molar-refractivity contribution in [3.05, 3.63) is 0 Å². The molecule has 0 heterocycles. The first kappa shape index (κ1) is 15.0. The highest BCUT2D eigenvalue weighted by atomic mass is 16.4. The topological polar surface area (TPSA) is 66.4 Å². The van der Waals surface area contributed by atoms with Crippen molar-refractivity contribution in [1.82, 2.24) is 5.32 Å². The molecule has 0 aromatic carbocycles. The Bertz CT molecular complexity index is 303. The SMILES string of the molecule is CC[C@H](C)[C@H](NC(=O)[C@@H]1CCCC[C@H]1C)C(=O)O. The van der Waals surface area contributed by atoms with E-state index >= 15 is 0 Å². The molecule has 1 fully saturated rings. The molecule has 18 heavy (non-hydrogen) atoms. The first-order chi connectivity index (χ1) is 8.47. The van der Waals surface area contributed by atoms with Crippen LogP contribution in [-0.2, 0) is 9.59 Å². The van der Waals surface area contributed by atoms with Crippen molar-refractivity contribution in [3.8, 4) is 0 Å². The summed E-state index contributed by atoms with van der Waals surface area (Å²) in [6.07, 6.45) is 4.96. The summed E-state index contributed by atoms with van der Waals surface area (Å²) in [7, 11) is 0. The molecule has 0 spiro atoms. The number of carboxylic acid groups (broad SMARTS) is 1. The van der Waals surface area contributed by atoms with Gasteiger partial charge in [0, 0.05) is 5.92 Å². The van der Waals surface area contributed by atoms with Crippen molar-refractivity contribution in [2.45, 2.75) is 58.9 Å². The van der Waals surface area contributed by atoms with Crippen molar-refractivity contribution in [1.29, 1.82) is 0 Å². The van der Waals surface area contributed by atoms with Gasteiger partial charge in [-0.1, -0.05) is 40.0 Å². The lowest BCUT2D eigenvalue weighted by atomic mass is 9.79. The Labute approximate surface area is 109 Å². The third-order valence-electron chi connectivity index (χ3n) is 4.23. The minimum Gasteiger partial charge on any atom is -0.480 e. The lowest BCUT2D eigenvalue weighted by molar-refractivity contribution is -0.144. The van der Waals surface area contributed by atoms with Crippen molar-refractivity contribution < 1.29 is 14.7 Å². The smallest absolute Gasteiger partial charge is 0.326 e. The summed E-state index contributed by atoms with van der Waals surface area (Å²) in [6, 6.07) is -0.753. The zero-order valence-electron chi connectivity index (χ0n) is 11.6. The van der Waals surface area contributed by atoms with Gasteiger partial charge in [0.1, 0.15) is 6.04 Å². The van der Waals surface area contributed by atoms with E-state index in [-0.39, 0.29) is 17.7 Å². The van der Waals surface area contributed by atoms with Gasteiger partial charge in [0.25, 0.3) is 0 Å². The second kappa shape index (κ2) is 6.76. The van der Waals surface area contributed by atoms with E-state index in [4.69, 9.17) is 0 Å². The summed E-state index contributed by atoms with van der Waals surface area (Å²) >= 11 is 0. The number of rotatable bonds is 5. The number of nitrogens with one attached hydrogen (secondary N) is 1. The zero-order valence-corrected chi connectivity index (χ0v) is 11.6. The summed E-state index contributed by atoms with van der Waals surface area (Å²) in [5.74, 6) is -0.684. The summed E-state index contributed by atoms with van der Waals surface area (Å²) in [5, 5.41) is 11.9. The lowest BCUT2D eigenvalue weighted by Gasteiger charge is -2.30. The van der Waals surface area contributed by atoms with Crippen LogP contribution in [0.3, 0.4) is 0 Å². The Hall–Kier alpha value is -1.06. The summed E-state index contributed by atoms with van der Waals surface area (Å²) in [6.45, 7) is 5.89. The molecule has 4 atom stereocenters. The van der Waals surface area contributed by atoms with Gasteiger partial charge in [0.2, 0.25) is 5.91 Å². The van der Waals surface area contributed by atoms with Gasteiger partial charge in [-0.3, -0.25) is 4.79 Å². The van der Waals surface area contributed by atoms with E-state index < -0.39 is 12.0 Å². The second-order valence-corrected chi connectivity index (χ2v) is 5.58. The van der Waals surface area contributed by atoms with Crippen LogP contribution in [0.15, 0.2) is 0 Å². The van der Waals surface area contributed by atoms with E-state index in [0.717, 1.165) is 25.7 Å². The molecule has 0 aliphatic heterocycles. The zero-order chi connectivity index (χ0) is 13.7. The number of carboxylic acids is 1. The Kier molecular flexibility index (Phi) is 5.63. The molecule has 1 amide bonds. The molecule has 4 nitrogen and oxygen atoms in total. The van der Waals surface area contributed by atoms with Gasteiger partial charge < -0.3 is 10.4 Å². The monoisotopic (exact) mass is 255 g/mol. The van der Waals surface area contributed by atoms with Crippen molar-refractivity contribution in [2.75, 3.05) is 0 Å². The second-order valence-electron chi connectivity index (χ2n) is 5.58. The first-order valence-electron chi connectivity index (χ1n) is 7.00. The molecule has 0 radical (unpaired) electrons. The Morgan fingerprint density at radius 1 is 1.33 bits per heavy atom. The molecular formula is C14H25NO3. The molecule has 1 rings (SSSR count). The number of hydrogen-bond donors (Lipinski definition) is 2. The van der Waals surface area contributed by atoms with Gasteiger partial charge >= 0.3 is 5.97 Å². The molecule has 0 aromatic heterocycles. The third-order valence-corrected chi connectivity index (χ3v) is 4.23. The van der Waals surface area contributed by atoms with Gasteiger partial charge in [-0.25, -0.2) is 4.79 Å². The largest absolute Gasteiger partial charge is 0.480 e. The molecule has 0 bridgehead atoms. The molecule has 1 saturated carbocycles. The normalized spacial score (nSPS) is 27.3. The molecule has 0 unspecified atom stereocenters. The maximum absolute atomic E-state index is 12.2. The Morgan fingerprint density at radius 3 is 2.44 bits per heavy atom. The number of carbonyl (C=O) groups excluding carboxylic acids is 1. The fraction of sp³-hybridized carbons (Fsp3) is 0.857. The minimum atomic E-state index is -0.929. The summed E-state index contributed by atoms with van der Waals surface area (Å²) < 4.78 is 0. The lowest BCUT2D eigenvalue weighted by Crippen LogP contribution is -2.48. The van der Waals surface area contributed by atoms with Crippen LogP contribution in [0.1, 0.15) is 52.9 Å². The number of hydrogen-bond acceptors (Lipinski definition) is 2. The van der Waals surface area contributed by atoms with E-state index in [2.05, 4.69) is 12.2 Å². The van der Waals surface area contributed by atoms with Gasteiger partial charge in [-0.15, -0.1) is 0 Å². The molecule has 0 saturated heterocycles. The van der Waals surface area contributed by atoms with Crippen LogP contribution in [0.4, 0.5) is 0 Å². The van der Waals surface area contributed by atoms with Crippen LogP contribution in [0.25, 0.3) is 0 Å². The van der Waals surface area contributed by atoms with Gasteiger partial charge in [-0.2, -0.15) is 0 Å². The minimum absolute atomic E-state index is 0.00958. The van der Waals surface area contributed by atoms with Crippen molar-refractivity contribution >= 4 is 11.9 Å². The summed E-state index contributed by atoms with van der Waals surface area (Å²) in [4.78, 5) is 23.4. The van der Waals surface area contributed by atoms with Gasteiger partial charge in [-0.05, 0) is 24.7 Å².